The smallest absolute Gasteiger partial charge is 0.407 e. The van der Waals surface area contributed by atoms with Crippen LogP contribution >= 0.6 is 0 Å². The maximum absolute atomic E-state index is 12.5. The normalized spacial score (nSPS) is 12.2. The lowest BCUT2D eigenvalue weighted by Crippen LogP contribution is -2.42. The lowest BCUT2D eigenvalue weighted by molar-refractivity contribution is -0.244. The molecule has 162 valence electrons. The van der Waals surface area contributed by atoms with Crippen molar-refractivity contribution in [3.05, 3.63) is 78.0 Å². The third-order valence-corrected chi connectivity index (χ3v) is 4.32. The summed E-state index contributed by atoms with van der Waals surface area (Å²) in [7, 11) is 0. The van der Waals surface area contributed by atoms with Crippen molar-refractivity contribution < 1.29 is 24.1 Å². The number of alkyl carbamates (subject to hydrolysis) is 1. The molecule has 2 aromatic carbocycles. The Morgan fingerprint density at radius 1 is 1.00 bits per heavy atom. The van der Waals surface area contributed by atoms with Crippen LogP contribution in [0.1, 0.15) is 36.7 Å². The Bertz CT molecular complexity index is 1030. The van der Waals surface area contributed by atoms with Gasteiger partial charge in [0.1, 0.15) is 12.2 Å². The van der Waals surface area contributed by atoms with Gasteiger partial charge in [0.25, 0.3) is 0 Å². The lowest BCUT2D eigenvalue weighted by atomic mass is 10.1. The number of pyridine rings is 1. The molecule has 31 heavy (non-hydrogen) atoms. The van der Waals surface area contributed by atoms with Crippen LogP contribution < -0.4 is 5.32 Å². The molecular weight excluding hydrogens is 396 g/mol. The van der Waals surface area contributed by atoms with Gasteiger partial charge in [0, 0.05) is 11.6 Å². The fourth-order valence-electron chi connectivity index (χ4n) is 3.01. The molecule has 0 radical (unpaired) electrons. The second-order valence-corrected chi connectivity index (χ2v) is 8.06. The number of hydrogen-bond acceptors (Lipinski definition) is 6. The van der Waals surface area contributed by atoms with Crippen LogP contribution in [-0.2, 0) is 20.9 Å². The molecule has 1 amide bonds. The molecule has 0 bridgehead atoms. The van der Waals surface area contributed by atoms with E-state index in [0.29, 0.717) is 22.9 Å². The van der Waals surface area contributed by atoms with Crippen molar-refractivity contribution in [2.45, 2.75) is 38.8 Å². The largest absolute Gasteiger partial charge is 0.444 e. The van der Waals surface area contributed by atoms with Gasteiger partial charge in [-0.15, -0.1) is 0 Å². The summed E-state index contributed by atoms with van der Waals surface area (Å²) < 4.78 is 5.33. The van der Waals surface area contributed by atoms with Crippen molar-refractivity contribution in [1.29, 1.82) is 0 Å². The topological polar surface area (TPSA) is 86.8 Å². The molecule has 1 aromatic heterocycles. The van der Waals surface area contributed by atoms with Gasteiger partial charge in [0.2, 0.25) is 0 Å². The zero-order valence-corrected chi connectivity index (χ0v) is 17.8. The average Bonchev–Trinajstić information content (AvgIpc) is 2.72. The number of hydrogen-bond donors (Lipinski definition) is 1. The quantitative estimate of drug-likeness (QED) is 0.447. The summed E-state index contributed by atoms with van der Waals surface area (Å²) in [5.74, 6) is -0.630. The first kappa shape index (κ1) is 22.2. The second kappa shape index (κ2) is 10.0. The van der Waals surface area contributed by atoms with Crippen LogP contribution in [0.25, 0.3) is 10.9 Å². The minimum Gasteiger partial charge on any atom is -0.444 e. The van der Waals surface area contributed by atoms with E-state index in [1.165, 1.54) is 0 Å². The number of fused-ring (bicyclic) bond motifs is 1. The Labute approximate surface area is 181 Å². The first-order valence-corrected chi connectivity index (χ1v) is 10.0. The SMILES string of the molecule is CC(C)(C)OC(=O)N[C@@H](COOC(=O)c1ccnc2ccccc12)Cc1ccccc1. The summed E-state index contributed by atoms with van der Waals surface area (Å²) in [5.41, 5.74) is 1.41. The van der Waals surface area contributed by atoms with Crippen molar-refractivity contribution in [2.75, 3.05) is 6.61 Å². The highest BCUT2D eigenvalue weighted by molar-refractivity contribution is 6.02. The number of aromatic nitrogens is 1. The zero-order valence-electron chi connectivity index (χ0n) is 17.8. The van der Waals surface area contributed by atoms with Crippen molar-refractivity contribution in [3.8, 4) is 0 Å². The molecule has 0 aliphatic rings. The van der Waals surface area contributed by atoms with Crippen LogP contribution in [0, 0.1) is 0 Å². The lowest BCUT2D eigenvalue weighted by Gasteiger charge is -2.23. The van der Waals surface area contributed by atoms with Crippen molar-refractivity contribution in [2.24, 2.45) is 0 Å². The molecule has 0 saturated heterocycles. The number of para-hydroxylation sites is 1. The van der Waals surface area contributed by atoms with E-state index in [2.05, 4.69) is 10.3 Å². The van der Waals surface area contributed by atoms with Gasteiger partial charge in [-0.3, -0.25) is 9.87 Å². The number of ether oxygens (including phenoxy) is 1. The van der Waals surface area contributed by atoms with E-state index in [1.54, 1.807) is 39.1 Å². The molecule has 7 heteroatoms. The third kappa shape index (κ3) is 6.79. The zero-order chi connectivity index (χ0) is 22.3. The third-order valence-electron chi connectivity index (χ3n) is 4.32. The number of nitrogens with one attached hydrogen (secondary N) is 1. The Hall–Kier alpha value is -3.45. The fourth-order valence-corrected chi connectivity index (χ4v) is 3.01. The predicted octanol–water partition coefficient (Wildman–Crippen LogP) is 4.46. The van der Waals surface area contributed by atoms with Crippen LogP contribution in [0.3, 0.4) is 0 Å². The Morgan fingerprint density at radius 3 is 2.45 bits per heavy atom. The molecule has 0 unspecified atom stereocenters. The first-order valence-electron chi connectivity index (χ1n) is 10.0. The summed E-state index contributed by atoms with van der Waals surface area (Å²) in [4.78, 5) is 39.2. The van der Waals surface area contributed by atoms with Crippen molar-refractivity contribution in [3.63, 3.8) is 0 Å². The number of rotatable bonds is 7. The molecule has 1 heterocycles. The second-order valence-electron chi connectivity index (χ2n) is 8.06. The van der Waals surface area contributed by atoms with E-state index in [0.717, 1.165) is 5.56 Å². The summed E-state index contributed by atoms with van der Waals surface area (Å²) >= 11 is 0. The number of benzene rings is 2. The minimum absolute atomic E-state index is 0.0388. The van der Waals surface area contributed by atoms with Crippen LogP contribution in [0.5, 0.6) is 0 Å². The summed E-state index contributed by atoms with van der Waals surface area (Å²) in [6, 6.07) is 18.0. The molecule has 3 rings (SSSR count). The highest BCUT2D eigenvalue weighted by Crippen LogP contribution is 2.17. The predicted molar refractivity (Wildman–Crippen MR) is 116 cm³/mol. The first-order chi connectivity index (χ1) is 14.8. The van der Waals surface area contributed by atoms with Gasteiger partial charge < -0.3 is 10.1 Å². The maximum atomic E-state index is 12.5. The maximum Gasteiger partial charge on any atom is 0.407 e. The Morgan fingerprint density at radius 2 is 1.71 bits per heavy atom. The van der Waals surface area contributed by atoms with E-state index >= 15 is 0 Å². The van der Waals surface area contributed by atoms with E-state index in [4.69, 9.17) is 14.5 Å². The molecule has 0 aliphatic carbocycles. The Kier molecular flexibility index (Phi) is 7.20. The summed E-state index contributed by atoms with van der Waals surface area (Å²) in [6.07, 6.45) is 1.46. The van der Waals surface area contributed by atoms with Gasteiger partial charge in [-0.25, -0.2) is 9.59 Å². The van der Waals surface area contributed by atoms with Crippen molar-refractivity contribution in [1.82, 2.24) is 10.3 Å². The van der Waals surface area contributed by atoms with Gasteiger partial charge >= 0.3 is 12.1 Å². The Balaban J connectivity index is 1.63. The van der Waals surface area contributed by atoms with Gasteiger partial charge in [0.05, 0.1) is 17.1 Å². The molecule has 0 saturated carbocycles. The van der Waals surface area contributed by atoms with Crippen LogP contribution in [0.4, 0.5) is 4.79 Å². The van der Waals surface area contributed by atoms with E-state index in [9.17, 15) is 9.59 Å². The van der Waals surface area contributed by atoms with E-state index in [1.807, 2.05) is 48.5 Å². The van der Waals surface area contributed by atoms with Crippen LogP contribution in [-0.4, -0.2) is 35.3 Å². The van der Waals surface area contributed by atoms with E-state index in [-0.39, 0.29) is 6.61 Å². The number of carbonyl (C=O) groups is 2. The average molecular weight is 422 g/mol. The van der Waals surface area contributed by atoms with Gasteiger partial charge in [-0.1, -0.05) is 48.5 Å². The van der Waals surface area contributed by atoms with Gasteiger partial charge in [0.15, 0.2) is 0 Å². The van der Waals surface area contributed by atoms with Crippen LogP contribution in [0.2, 0.25) is 0 Å². The van der Waals surface area contributed by atoms with Gasteiger partial charge in [-0.2, -0.15) is 4.89 Å². The van der Waals surface area contributed by atoms with Gasteiger partial charge in [-0.05, 0) is 44.9 Å². The number of carbonyl (C=O) groups excluding carboxylic acids is 2. The fraction of sp³-hybridized carbons (Fsp3) is 0.292. The molecule has 3 aromatic rings. The summed E-state index contributed by atoms with van der Waals surface area (Å²) in [5, 5.41) is 3.45. The molecule has 0 fully saturated rings. The van der Waals surface area contributed by atoms with E-state index < -0.39 is 23.7 Å². The highest BCUT2D eigenvalue weighted by Gasteiger charge is 2.21. The monoisotopic (exact) mass is 422 g/mol. The molecule has 1 N–H and O–H groups in total. The molecular formula is C24H26N2O5. The van der Waals surface area contributed by atoms with Crippen molar-refractivity contribution >= 4 is 23.0 Å². The minimum atomic E-state index is -0.630. The number of amides is 1. The molecule has 0 spiro atoms. The summed E-state index contributed by atoms with van der Waals surface area (Å²) in [6.45, 7) is 5.32. The highest BCUT2D eigenvalue weighted by atomic mass is 17.2. The molecule has 0 aliphatic heterocycles. The molecule has 7 nitrogen and oxygen atoms in total. The number of nitrogens with zero attached hydrogens (tertiary/aromatic N) is 1. The van der Waals surface area contributed by atoms with Crippen LogP contribution in [0.15, 0.2) is 66.9 Å². The molecule has 1 atom stereocenters. The standard InChI is InChI=1S/C24H26N2O5/c1-24(2,3)30-23(28)26-18(15-17-9-5-4-6-10-17)16-29-31-22(27)20-13-14-25-21-12-8-7-11-19(20)21/h4-14,18H,15-16H2,1-3H3,(H,26,28)/t18-/m1/s1.